The molecule has 0 aromatic heterocycles. The van der Waals surface area contributed by atoms with E-state index in [-0.39, 0.29) is 6.61 Å². The Balaban J connectivity index is 3.98. The van der Waals surface area contributed by atoms with E-state index >= 15 is 0 Å². The van der Waals surface area contributed by atoms with Crippen molar-refractivity contribution < 1.29 is 9.84 Å². The first-order valence-electron chi connectivity index (χ1n) is 8.99. The maximum atomic E-state index is 9.10. The summed E-state index contributed by atoms with van der Waals surface area (Å²) in [4.78, 5) is 4.64. The third kappa shape index (κ3) is 12.9. The zero-order valence-corrected chi connectivity index (χ0v) is 14.9. The van der Waals surface area contributed by atoms with Gasteiger partial charge in [-0.25, -0.2) is 0 Å². The van der Waals surface area contributed by atoms with Gasteiger partial charge in [0.1, 0.15) is 0 Å². The minimum absolute atomic E-state index is 0.249. The Morgan fingerprint density at radius 3 is 2.45 bits per heavy atom. The van der Waals surface area contributed by atoms with E-state index < -0.39 is 0 Å². The summed E-state index contributed by atoms with van der Waals surface area (Å²) in [5, 5.41) is 15.7. The molecule has 0 aliphatic carbocycles. The van der Waals surface area contributed by atoms with Crippen LogP contribution in [0.2, 0.25) is 0 Å². The maximum absolute atomic E-state index is 9.10. The third-order valence-electron chi connectivity index (χ3n) is 3.49. The second-order valence-corrected chi connectivity index (χ2v) is 5.63. The summed E-state index contributed by atoms with van der Waals surface area (Å²) >= 11 is 0. The van der Waals surface area contributed by atoms with Crippen molar-refractivity contribution in [3.05, 3.63) is 0 Å². The highest BCUT2D eigenvalue weighted by Gasteiger charge is 2.07. The number of hydrogen-bond donors (Lipinski definition) is 3. The Morgan fingerprint density at radius 2 is 1.82 bits per heavy atom. The summed E-state index contributed by atoms with van der Waals surface area (Å²) in [5.74, 6) is 1.35. The molecular formula is C17H37N3O2. The van der Waals surface area contributed by atoms with Crippen LogP contribution < -0.4 is 10.6 Å². The Hall–Kier alpha value is -0.810. The fraction of sp³-hybridized carbons (Fsp3) is 0.941. The predicted octanol–water partition coefficient (Wildman–Crippen LogP) is 2.55. The number of nitrogens with one attached hydrogen (secondary N) is 2. The van der Waals surface area contributed by atoms with Gasteiger partial charge >= 0.3 is 0 Å². The van der Waals surface area contributed by atoms with Crippen molar-refractivity contribution in [2.45, 2.75) is 59.3 Å². The lowest BCUT2D eigenvalue weighted by Gasteiger charge is -2.15. The lowest BCUT2D eigenvalue weighted by atomic mass is 10.0. The van der Waals surface area contributed by atoms with Gasteiger partial charge in [0.25, 0.3) is 0 Å². The van der Waals surface area contributed by atoms with Crippen LogP contribution in [0.1, 0.15) is 59.3 Å². The largest absolute Gasteiger partial charge is 0.396 e. The number of unbranched alkanes of at least 4 members (excludes halogenated alkanes) is 1. The summed E-state index contributed by atoms with van der Waals surface area (Å²) in [6, 6.07) is 0. The molecule has 0 spiro atoms. The topological polar surface area (TPSA) is 65.9 Å². The van der Waals surface area contributed by atoms with Crippen LogP contribution in [-0.4, -0.2) is 50.5 Å². The average molecular weight is 316 g/mol. The van der Waals surface area contributed by atoms with Crippen molar-refractivity contribution >= 4 is 5.96 Å². The minimum Gasteiger partial charge on any atom is -0.396 e. The fourth-order valence-corrected chi connectivity index (χ4v) is 2.21. The van der Waals surface area contributed by atoms with Crippen LogP contribution in [0.15, 0.2) is 4.99 Å². The highest BCUT2D eigenvalue weighted by atomic mass is 16.5. The van der Waals surface area contributed by atoms with E-state index in [9.17, 15) is 0 Å². The summed E-state index contributed by atoms with van der Waals surface area (Å²) in [7, 11) is 0. The Bertz CT molecular complexity index is 254. The van der Waals surface area contributed by atoms with Gasteiger partial charge in [-0.2, -0.15) is 0 Å². The first kappa shape index (κ1) is 21.2. The smallest absolute Gasteiger partial charge is 0.191 e. The molecule has 0 radical (unpaired) electrons. The number of aliphatic imine (C=N–C) groups is 1. The summed E-state index contributed by atoms with van der Waals surface area (Å²) in [6.45, 7) is 10.8. The van der Waals surface area contributed by atoms with Gasteiger partial charge in [-0.1, -0.05) is 26.7 Å². The number of rotatable bonds is 14. The highest BCUT2D eigenvalue weighted by Crippen LogP contribution is 2.10. The van der Waals surface area contributed by atoms with Crippen LogP contribution >= 0.6 is 0 Å². The Kier molecular flexibility index (Phi) is 15.9. The molecule has 22 heavy (non-hydrogen) atoms. The summed E-state index contributed by atoms with van der Waals surface area (Å²) < 4.78 is 5.55. The molecule has 0 aliphatic rings. The molecule has 5 heteroatoms. The number of aliphatic hydroxyl groups is 1. The monoisotopic (exact) mass is 315 g/mol. The normalized spacial score (nSPS) is 13.2. The molecule has 0 rings (SSSR count). The van der Waals surface area contributed by atoms with Gasteiger partial charge in [0, 0.05) is 39.5 Å². The quantitative estimate of drug-likeness (QED) is 0.262. The van der Waals surface area contributed by atoms with Crippen LogP contribution in [0.25, 0.3) is 0 Å². The van der Waals surface area contributed by atoms with Crippen molar-refractivity contribution in [1.82, 2.24) is 10.6 Å². The molecule has 0 aromatic carbocycles. The van der Waals surface area contributed by atoms with Gasteiger partial charge in [0.2, 0.25) is 0 Å². The molecule has 0 aromatic rings. The SMILES string of the molecule is CCCCOCCCNC(=NCC(CCC)CCO)NCC. The second-order valence-electron chi connectivity index (χ2n) is 5.63. The lowest BCUT2D eigenvalue weighted by molar-refractivity contribution is 0.129. The van der Waals surface area contributed by atoms with E-state index in [0.717, 1.165) is 70.9 Å². The molecule has 0 heterocycles. The molecule has 0 bridgehead atoms. The number of nitrogens with zero attached hydrogens (tertiary/aromatic N) is 1. The van der Waals surface area contributed by atoms with Crippen LogP contribution in [0, 0.1) is 5.92 Å². The van der Waals surface area contributed by atoms with E-state index in [4.69, 9.17) is 9.84 Å². The van der Waals surface area contributed by atoms with E-state index in [1.54, 1.807) is 0 Å². The van der Waals surface area contributed by atoms with Crippen molar-refractivity contribution in [2.24, 2.45) is 10.9 Å². The fourth-order valence-electron chi connectivity index (χ4n) is 2.21. The van der Waals surface area contributed by atoms with Crippen molar-refractivity contribution in [1.29, 1.82) is 0 Å². The molecule has 1 unspecified atom stereocenters. The number of guanidine groups is 1. The first-order valence-corrected chi connectivity index (χ1v) is 8.99. The van der Waals surface area contributed by atoms with Crippen LogP contribution in [0.3, 0.4) is 0 Å². The number of aliphatic hydroxyl groups excluding tert-OH is 1. The van der Waals surface area contributed by atoms with Crippen molar-refractivity contribution in [3.63, 3.8) is 0 Å². The van der Waals surface area contributed by atoms with Gasteiger partial charge in [0.15, 0.2) is 5.96 Å². The van der Waals surface area contributed by atoms with Crippen LogP contribution in [-0.2, 0) is 4.74 Å². The highest BCUT2D eigenvalue weighted by molar-refractivity contribution is 5.79. The molecular weight excluding hydrogens is 278 g/mol. The summed E-state index contributed by atoms with van der Waals surface area (Å²) in [5.41, 5.74) is 0. The van der Waals surface area contributed by atoms with Gasteiger partial charge in [-0.3, -0.25) is 4.99 Å². The molecule has 132 valence electrons. The average Bonchev–Trinajstić information content (AvgIpc) is 2.51. The lowest BCUT2D eigenvalue weighted by Crippen LogP contribution is -2.38. The van der Waals surface area contributed by atoms with Gasteiger partial charge in [-0.05, 0) is 38.5 Å². The van der Waals surface area contributed by atoms with Crippen molar-refractivity contribution in [3.8, 4) is 0 Å². The minimum atomic E-state index is 0.249. The zero-order valence-electron chi connectivity index (χ0n) is 14.9. The molecule has 0 aliphatic heterocycles. The van der Waals surface area contributed by atoms with Crippen LogP contribution in [0.5, 0.6) is 0 Å². The van der Waals surface area contributed by atoms with Gasteiger partial charge in [0.05, 0.1) is 0 Å². The van der Waals surface area contributed by atoms with E-state index in [1.807, 2.05) is 0 Å². The molecule has 0 saturated heterocycles. The van der Waals surface area contributed by atoms with Crippen molar-refractivity contribution in [2.75, 3.05) is 39.5 Å². The first-order chi connectivity index (χ1) is 10.8. The van der Waals surface area contributed by atoms with E-state index in [0.29, 0.717) is 5.92 Å². The Morgan fingerprint density at radius 1 is 1.05 bits per heavy atom. The second kappa shape index (κ2) is 16.6. The van der Waals surface area contributed by atoms with Gasteiger partial charge < -0.3 is 20.5 Å². The molecule has 0 saturated carbocycles. The molecule has 3 N–H and O–H groups in total. The maximum Gasteiger partial charge on any atom is 0.191 e. The van der Waals surface area contributed by atoms with E-state index in [2.05, 4.69) is 36.4 Å². The summed E-state index contributed by atoms with van der Waals surface area (Å²) in [6.07, 6.45) is 6.41. The predicted molar refractivity (Wildman–Crippen MR) is 94.4 cm³/mol. The zero-order chi connectivity index (χ0) is 16.5. The molecule has 0 amide bonds. The third-order valence-corrected chi connectivity index (χ3v) is 3.49. The molecule has 5 nitrogen and oxygen atoms in total. The van der Waals surface area contributed by atoms with E-state index in [1.165, 1.54) is 6.42 Å². The Labute approximate surface area is 136 Å². The number of ether oxygens (including phenoxy) is 1. The standard InChI is InChI=1S/C17H37N3O2/c1-4-7-13-22-14-8-11-19-17(18-6-3)20-15-16(9-5-2)10-12-21/h16,21H,4-15H2,1-3H3,(H2,18,19,20). The number of hydrogen-bond acceptors (Lipinski definition) is 3. The molecule has 1 atom stereocenters. The van der Waals surface area contributed by atoms with Crippen LogP contribution in [0.4, 0.5) is 0 Å². The van der Waals surface area contributed by atoms with Gasteiger partial charge in [-0.15, -0.1) is 0 Å². The molecule has 0 fully saturated rings.